The van der Waals surface area contributed by atoms with Gasteiger partial charge in [0.25, 0.3) is 0 Å². The monoisotopic (exact) mass is 222 g/mol. The average molecular weight is 223 g/mol. The van der Waals surface area contributed by atoms with Crippen molar-refractivity contribution in [3.05, 3.63) is 17.5 Å². The first-order chi connectivity index (χ1) is 5.17. The summed E-state index contributed by atoms with van der Waals surface area (Å²) in [5.41, 5.74) is 3.24. The first-order valence-electron chi connectivity index (χ1n) is 4.18. The molecule has 0 unspecified atom stereocenters. The number of hydrogen-bond donors (Lipinski definition) is 1. The van der Waals surface area contributed by atoms with Crippen LogP contribution >= 0.6 is 24.8 Å². The second kappa shape index (κ2) is 4.34. The van der Waals surface area contributed by atoms with Crippen LogP contribution in [0.25, 0.3) is 0 Å². The smallest absolute Gasteiger partial charge is 0.0522 e. The van der Waals surface area contributed by atoms with Gasteiger partial charge >= 0.3 is 0 Å². The van der Waals surface area contributed by atoms with Crippen LogP contribution in [0.2, 0.25) is 0 Å². The van der Waals surface area contributed by atoms with E-state index >= 15 is 0 Å². The molecule has 0 bridgehead atoms. The summed E-state index contributed by atoms with van der Waals surface area (Å²) in [5, 5.41) is 7.11. The maximum Gasteiger partial charge on any atom is 0.0522 e. The summed E-state index contributed by atoms with van der Waals surface area (Å²) in [7, 11) is 0. The fourth-order valence-electron chi connectivity index (χ4n) is 1.75. The van der Waals surface area contributed by atoms with E-state index in [1.54, 1.807) is 0 Å². The molecule has 4 heteroatoms. The van der Waals surface area contributed by atoms with Gasteiger partial charge in [-0.3, -0.25) is 5.10 Å². The number of halogens is 2. The van der Waals surface area contributed by atoms with Crippen LogP contribution in [0.3, 0.4) is 0 Å². The van der Waals surface area contributed by atoms with E-state index in [2.05, 4.69) is 24.0 Å². The van der Waals surface area contributed by atoms with Gasteiger partial charge in [0.05, 0.1) is 6.20 Å². The highest BCUT2D eigenvalue weighted by Gasteiger charge is 2.25. The molecule has 1 aromatic rings. The van der Waals surface area contributed by atoms with Crippen LogP contribution in [0.5, 0.6) is 0 Å². The van der Waals surface area contributed by atoms with Crippen LogP contribution in [0.4, 0.5) is 0 Å². The lowest BCUT2D eigenvalue weighted by atomic mass is 9.77. The maximum absolute atomic E-state index is 4.04. The van der Waals surface area contributed by atoms with Crippen LogP contribution < -0.4 is 0 Å². The van der Waals surface area contributed by atoms with Gasteiger partial charge in [0.1, 0.15) is 0 Å². The van der Waals surface area contributed by atoms with Crippen molar-refractivity contribution in [2.45, 2.75) is 33.1 Å². The highest BCUT2D eigenvalue weighted by atomic mass is 35.5. The van der Waals surface area contributed by atoms with Gasteiger partial charge < -0.3 is 0 Å². The predicted molar refractivity (Wildman–Crippen MR) is 58.9 cm³/mol. The lowest BCUT2D eigenvalue weighted by Gasteiger charge is -2.28. The summed E-state index contributed by atoms with van der Waals surface area (Å²) in [6.07, 6.45) is 5.60. The molecule has 0 fully saturated rings. The molecule has 0 amide bonds. The Morgan fingerprint density at radius 1 is 1.38 bits per heavy atom. The van der Waals surface area contributed by atoms with Gasteiger partial charge in [-0.25, -0.2) is 0 Å². The molecule has 0 spiro atoms. The van der Waals surface area contributed by atoms with E-state index in [1.807, 2.05) is 6.20 Å². The second-order valence-electron chi connectivity index (χ2n) is 4.21. The Bertz CT molecular complexity index is 268. The highest BCUT2D eigenvalue weighted by molar-refractivity contribution is 5.85. The molecule has 0 aromatic carbocycles. The lowest BCUT2D eigenvalue weighted by Crippen LogP contribution is -2.21. The minimum atomic E-state index is 0. The molecule has 0 saturated carbocycles. The van der Waals surface area contributed by atoms with E-state index in [0.29, 0.717) is 5.41 Å². The van der Waals surface area contributed by atoms with Gasteiger partial charge in [-0.2, -0.15) is 5.10 Å². The summed E-state index contributed by atoms with van der Waals surface area (Å²) in [6.45, 7) is 4.63. The number of aryl methyl sites for hydroxylation is 1. The van der Waals surface area contributed by atoms with Crippen molar-refractivity contribution in [2.75, 3.05) is 0 Å². The molecule has 2 rings (SSSR count). The average Bonchev–Trinajstić information content (AvgIpc) is 2.31. The summed E-state index contributed by atoms with van der Waals surface area (Å²) < 4.78 is 0. The van der Waals surface area contributed by atoms with Crippen molar-refractivity contribution >= 4 is 24.8 Å². The first-order valence-corrected chi connectivity index (χ1v) is 4.18. The third-order valence-electron chi connectivity index (χ3n) is 2.53. The van der Waals surface area contributed by atoms with Crippen molar-refractivity contribution < 1.29 is 0 Å². The molecule has 76 valence electrons. The molecule has 1 aromatic heterocycles. The molecular formula is C9H16Cl2N2. The Kier molecular flexibility index (Phi) is 4.27. The molecule has 2 nitrogen and oxygen atoms in total. The van der Waals surface area contributed by atoms with Crippen molar-refractivity contribution in [1.29, 1.82) is 0 Å². The number of aromatic amines is 1. The zero-order chi connectivity index (χ0) is 7.90. The zero-order valence-electron chi connectivity index (χ0n) is 7.96. The zero-order valence-corrected chi connectivity index (χ0v) is 9.60. The quantitative estimate of drug-likeness (QED) is 0.719. The van der Waals surface area contributed by atoms with E-state index < -0.39 is 0 Å². The van der Waals surface area contributed by atoms with Crippen LogP contribution in [0.1, 0.15) is 31.5 Å². The van der Waals surface area contributed by atoms with Gasteiger partial charge in [-0.15, -0.1) is 24.8 Å². The number of fused-ring (bicyclic) bond motifs is 1. The Balaban J connectivity index is 0.000000720. The van der Waals surface area contributed by atoms with E-state index in [-0.39, 0.29) is 24.8 Å². The van der Waals surface area contributed by atoms with Crippen LogP contribution in [0.15, 0.2) is 6.20 Å². The molecule has 1 aliphatic rings. The van der Waals surface area contributed by atoms with Gasteiger partial charge in [0.2, 0.25) is 0 Å². The first kappa shape index (κ1) is 12.8. The van der Waals surface area contributed by atoms with Crippen LogP contribution in [-0.4, -0.2) is 10.2 Å². The number of nitrogens with zero attached hydrogens (tertiary/aromatic N) is 1. The third-order valence-corrected chi connectivity index (χ3v) is 2.53. The molecule has 1 aliphatic carbocycles. The minimum absolute atomic E-state index is 0. The molecule has 0 radical (unpaired) electrons. The lowest BCUT2D eigenvalue weighted by molar-refractivity contribution is 0.312. The summed E-state index contributed by atoms with van der Waals surface area (Å²) in [5.74, 6) is 0. The Labute approximate surface area is 91.3 Å². The standard InChI is InChI=1S/C9H14N2.2ClH/c1-9(2)4-3-7-6-10-11-8(7)5-9;;/h6H,3-5H2,1-2H3,(H,10,11);2*1H. The fraction of sp³-hybridized carbons (Fsp3) is 0.667. The maximum atomic E-state index is 4.04. The van der Waals surface area contributed by atoms with Crippen LogP contribution in [-0.2, 0) is 12.8 Å². The predicted octanol–water partition coefficient (Wildman–Crippen LogP) is 2.77. The Morgan fingerprint density at radius 3 is 2.77 bits per heavy atom. The van der Waals surface area contributed by atoms with Gasteiger partial charge in [0, 0.05) is 5.69 Å². The Morgan fingerprint density at radius 2 is 2.08 bits per heavy atom. The van der Waals surface area contributed by atoms with Crippen molar-refractivity contribution in [3.63, 3.8) is 0 Å². The highest BCUT2D eigenvalue weighted by Crippen LogP contribution is 2.33. The minimum Gasteiger partial charge on any atom is -0.282 e. The fourth-order valence-corrected chi connectivity index (χ4v) is 1.75. The topological polar surface area (TPSA) is 28.7 Å². The Hall–Kier alpha value is -0.210. The van der Waals surface area contributed by atoms with Gasteiger partial charge in [-0.05, 0) is 30.2 Å². The number of H-pyrrole nitrogens is 1. The molecular weight excluding hydrogens is 207 g/mol. The number of nitrogens with one attached hydrogen (secondary N) is 1. The SMILES string of the molecule is CC1(C)CCc2cn[nH]c2C1.Cl.Cl. The van der Waals surface area contributed by atoms with E-state index in [0.717, 1.165) is 6.42 Å². The van der Waals surface area contributed by atoms with E-state index in [1.165, 1.54) is 24.1 Å². The largest absolute Gasteiger partial charge is 0.282 e. The summed E-state index contributed by atoms with van der Waals surface area (Å²) in [4.78, 5) is 0. The number of rotatable bonds is 0. The third kappa shape index (κ3) is 2.61. The van der Waals surface area contributed by atoms with Crippen LogP contribution in [0, 0.1) is 5.41 Å². The second-order valence-corrected chi connectivity index (χ2v) is 4.21. The van der Waals surface area contributed by atoms with Crippen molar-refractivity contribution in [3.8, 4) is 0 Å². The molecule has 0 atom stereocenters. The molecule has 0 saturated heterocycles. The molecule has 0 aliphatic heterocycles. The molecule has 1 heterocycles. The van der Waals surface area contributed by atoms with E-state index in [4.69, 9.17) is 0 Å². The van der Waals surface area contributed by atoms with E-state index in [9.17, 15) is 0 Å². The van der Waals surface area contributed by atoms with Crippen molar-refractivity contribution in [2.24, 2.45) is 5.41 Å². The summed E-state index contributed by atoms with van der Waals surface area (Å²) in [6, 6.07) is 0. The van der Waals surface area contributed by atoms with Gasteiger partial charge in [0.15, 0.2) is 0 Å². The number of aromatic nitrogens is 2. The van der Waals surface area contributed by atoms with Crippen molar-refractivity contribution in [1.82, 2.24) is 10.2 Å². The number of hydrogen-bond acceptors (Lipinski definition) is 1. The molecule has 1 N–H and O–H groups in total. The normalized spacial score (nSPS) is 18.0. The molecule has 13 heavy (non-hydrogen) atoms. The van der Waals surface area contributed by atoms with Gasteiger partial charge in [-0.1, -0.05) is 13.8 Å². The summed E-state index contributed by atoms with van der Waals surface area (Å²) >= 11 is 0.